The largest absolute Gasteiger partial charge is 0.414 e. The van der Waals surface area contributed by atoms with Gasteiger partial charge in [-0.2, -0.15) is 0 Å². The van der Waals surface area contributed by atoms with E-state index in [0.29, 0.717) is 23.0 Å². The standard InChI is InChI=1S/C24H23N7O2/c1-24(2,23(32)31-11-6-12-31)18-13-16(9-10-26-18)17-14-27-20(25)19(28-17)22-30-29-21(33-22)15-7-4-3-5-8-15/h3-5,7-10,13-14H,6,11-12H2,1-2H3,(H2,25,27). The first-order chi connectivity index (χ1) is 15.9. The van der Waals surface area contributed by atoms with Crippen LogP contribution in [0, 0.1) is 0 Å². The summed E-state index contributed by atoms with van der Waals surface area (Å²) < 4.78 is 5.81. The normalized spacial score (nSPS) is 13.6. The highest BCUT2D eigenvalue weighted by molar-refractivity contribution is 5.87. The predicted molar refractivity (Wildman–Crippen MR) is 123 cm³/mol. The molecule has 0 aliphatic carbocycles. The molecule has 1 fully saturated rings. The first-order valence-electron chi connectivity index (χ1n) is 10.7. The van der Waals surface area contributed by atoms with Crippen molar-refractivity contribution in [2.24, 2.45) is 0 Å². The lowest BCUT2D eigenvalue weighted by Gasteiger charge is -2.37. The molecule has 4 heterocycles. The molecule has 1 amide bonds. The number of hydrogen-bond donors (Lipinski definition) is 1. The molecule has 33 heavy (non-hydrogen) atoms. The fraction of sp³-hybridized carbons (Fsp3) is 0.250. The fourth-order valence-corrected chi connectivity index (χ4v) is 3.67. The van der Waals surface area contributed by atoms with Crippen LogP contribution < -0.4 is 5.73 Å². The molecule has 2 N–H and O–H groups in total. The van der Waals surface area contributed by atoms with Crippen LogP contribution in [0.2, 0.25) is 0 Å². The summed E-state index contributed by atoms with van der Waals surface area (Å²) in [5.41, 5.74) is 8.42. The zero-order valence-corrected chi connectivity index (χ0v) is 18.4. The molecule has 0 saturated carbocycles. The molecule has 9 heteroatoms. The zero-order valence-electron chi connectivity index (χ0n) is 18.4. The fourth-order valence-electron chi connectivity index (χ4n) is 3.67. The van der Waals surface area contributed by atoms with Crippen molar-refractivity contribution in [1.82, 2.24) is 30.0 Å². The maximum absolute atomic E-state index is 12.9. The second-order valence-electron chi connectivity index (χ2n) is 8.47. The number of carbonyl (C=O) groups is 1. The molecule has 0 bridgehead atoms. The second kappa shape index (κ2) is 8.09. The van der Waals surface area contributed by atoms with E-state index in [9.17, 15) is 4.79 Å². The summed E-state index contributed by atoms with van der Waals surface area (Å²) in [6.45, 7) is 5.38. The van der Waals surface area contributed by atoms with Crippen molar-refractivity contribution < 1.29 is 9.21 Å². The van der Waals surface area contributed by atoms with E-state index in [4.69, 9.17) is 10.2 Å². The van der Waals surface area contributed by atoms with Crippen LogP contribution in [0.5, 0.6) is 0 Å². The van der Waals surface area contributed by atoms with Gasteiger partial charge in [0.2, 0.25) is 11.8 Å². The number of rotatable bonds is 5. The number of amides is 1. The minimum Gasteiger partial charge on any atom is -0.414 e. The molecular formula is C24H23N7O2. The van der Waals surface area contributed by atoms with Gasteiger partial charge in [0, 0.05) is 30.4 Å². The number of carbonyl (C=O) groups excluding carboxylic acids is 1. The van der Waals surface area contributed by atoms with E-state index in [1.165, 1.54) is 0 Å². The van der Waals surface area contributed by atoms with Crippen LogP contribution in [-0.2, 0) is 10.2 Å². The third kappa shape index (κ3) is 3.82. The smallest absolute Gasteiger partial charge is 0.270 e. The second-order valence-corrected chi connectivity index (χ2v) is 8.47. The summed E-state index contributed by atoms with van der Waals surface area (Å²) in [6, 6.07) is 13.1. The van der Waals surface area contributed by atoms with Gasteiger partial charge in [0.05, 0.1) is 23.0 Å². The highest BCUT2D eigenvalue weighted by Crippen LogP contribution is 2.31. The van der Waals surface area contributed by atoms with Crippen LogP contribution in [0.4, 0.5) is 5.82 Å². The molecule has 166 valence electrons. The van der Waals surface area contributed by atoms with Crippen molar-refractivity contribution in [2.45, 2.75) is 25.7 Å². The van der Waals surface area contributed by atoms with Crippen molar-refractivity contribution in [3.63, 3.8) is 0 Å². The van der Waals surface area contributed by atoms with Gasteiger partial charge in [-0.15, -0.1) is 10.2 Å². The number of benzene rings is 1. The summed E-state index contributed by atoms with van der Waals surface area (Å²) in [6.07, 6.45) is 4.30. The molecule has 4 aromatic rings. The number of anilines is 1. The number of hydrogen-bond acceptors (Lipinski definition) is 8. The molecule has 0 radical (unpaired) electrons. The Morgan fingerprint density at radius 3 is 2.52 bits per heavy atom. The van der Waals surface area contributed by atoms with Crippen LogP contribution in [0.1, 0.15) is 26.0 Å². The summed E-state index contributed by atoms with van der Waals surface area (Å²) in [5.74, 6) is 0.810. The number of nitrogens with two attached hydrogens (primary N) is 1. The van der Waals surface area contributed by atoms with Crippen molar-refractivity contribution in [3.05, 3.63) is 60.6 Å². The zero-order chi connectivity index (χ0) is 23.0. The van der Waals surface area contributed by atoms with Crippen molar-refractivity contribution in [1.29, 1.82) is 0 Å². The highest BCUT2D eigenvalue weighted by atomic mass is 16.4. The quantitative estimate of drug-likeness (QED) is 0.500. The average Bonchev–Trinajstić information content (AvgIpc) is 3.29. The third-order valence-electron chi connectivity index (χ3n) is 5.82. The Hall–Kier alpha value is -4.14. The van der Waals surface area contributed by atoms with Gasteiger partial charge in [0.15, 0.2) is 11.5 Å². The van der Waals surface area contributed by atoms with Crippen molar-refractivity contribution in [2.75, 3.05) is 18.8 Å². The monoisotopic (exact) mass is 441 g/mol. The van der Waals surface area contributed by atoms with Crippen LogP contribution in [0.3, 0.4) is 0 Å². The highest BCUT2D eigenvalue weighted by Gasteiger charge is 2.37. The maximum atomic E-state index is 12.9. The number of nitrogen functional groups attached to an aromatic ring is 1. The molecule has 1 aromatic carbocycles. The summed E-state index contributed by atoms with van der Waals surface area (Å²) in [4.78, 5) is 28.2. The van der Waals surface area contributed by atoms with Gasteiger partial charge in [-0.05, 0) is 44.5 Å². The first-order valence-corrected chi connectivity index (χ1v) is 10.7. The van der Waals surface area contributed by atoms with Crippen LogP contribution in [0.15, 0.2) is 59.3 Å². The van der Waals surface area contributed by atoms with E-state index in [0.717, 1.165) is 30.6 Å². The Morgan fingerprint density at radius 1 is 1.03 bits per heavy atom. The summed E-state index contributed by atoms with van der Waals surface area (Å²) >= 11 is 0. The minimum absolute atomic E-state index is 0.0711. The number of likely N-dealkylation sites (tertiary alicyclic amines) is 1. The van der Waals surface area contributed by atoms with E-state index < -0.39 is 5.41 Å². The van der Waals surface area contributed by atoms with Crippen molar-refractivity contribution in [3.8, 4) is 34.3 Å². The number of nitrogens with zero attached hydrogens (tertiary/aromatic N) is 6. The molecule has 0 atom stereocenters. The Labute approximate surface area is 190 Å². The Kier molecular flexibility index (Phi) is 5.08. The van der Waals surface area contributed by atoms with Gasteiger partial charge in [-0.25, -0.2) is 9.97 Å². The van der Waals surface area contributed by atoms with E-state index in [1.54, 1.807) is 12.4 Å². The van der Waals surface area contributed by atoms with E-state index in [2.05, 4.69) is 25.1 Å². The van der Waals surface area contributed by atoms with Gasteiger partial charge in [-0.3, -0.25) is 9.78 Å². The van der Waals surface area contributed by atoms with E-state index in [-0.39, 0.29) is 17.6 Å². The van der Waals surface area contributed by atoms with Crippen LogP contribution >= 0.6 is 0 Å². The van der Waals surface area contributed by atoms with Gasteiger partial charge in [0.1, 0.15) is 0 Å². The Morgan fingerprint density at radius 2 is 1.79 bits per heavy atom. The molecule has 1 saturated heterocycles. The van der Waals surface area contributed by atoms with Crippen LogP contribution in [0.25, 0.3) is 34.3 Å². The Balaban J connectivity index is 1.48. The van der Waals surface area contributed by atoms with E-state index >= 15 is 0 Å². The van der Waals surface area contributed by atoms with Gasteiger partial charge in [-0.1, -0.05) is 18.2 Å². The lowest BCUT2D eigenvalue weighted by Crippen LogP contribution is -2.50. The molecule has 1 aliphatic heterocycles. The lowest BCUT2D eigenvalue weighted by molar-refractivity contribution is -0.139. The molecule has 0 spiro atoms. The maximum Gasteiger partial charge on any atom is 0.270 e. The topological polar surface area (TPSA) is 124 Å². The molecule has 9 nitrogen and oxygen atoms in total. The SMILES string of the molecule is CC(C)(C(=O)N1CCC1)c1cc(-c2cnc(N)c(-c3nnc(-c4ccccc4)o3)n2)ccn1. The average molecular weight is 441 g/mol. The molecular weight excluding hydrogens is 418 g/mol. The Bertz CT molecular complexity index is 1310. The number of aromatic nitrogens is 5. The first kappa shape index (κ1) is 20.7. The lowest BCUT2D eigenvalue weighted by atomic mass is 9.85. The molecule has 1 aliphatic rings. The predicted octanol–water partition coefficient (Wildman–Crippen LogP) is 3.35. The van der Waals surface area contributed by atoms with E-state index in [1.807, 2.05) is 61.2 Å². The summed E-state index contributed by atoms with van der Waals surface area (Å²) in [7, 11) is 0. The minimum atomic E-state index is -0.752. The molecule has 5 rings (SSSR count). The van der Waals surface area contributed by atoms with Gasteiger partial charge >= 0.3 is 0 Å². The molecule has 0 unspecified atom stereocenters. The van der Waals surface area contributed by atoms with Crippen molar-refractivity contribution >= 4 is 11.7 Å². The van der Waals surface area contributed by atoms with Gasteiger partial charge in [0.25, 0.3) is 5.89 Å². The van der Waals surface area contributed by atoms with Gasteiger partial charge < -0.3 is 15.1 Å². The molecule has 3 aromatic heterocycles. The third-order valence-corrected chi connectivity index (χ3v) is 5.82. The van der Waals surface area contributed by atoms with Crippen LogP contribution in [-0.4, -0.2) is 49.0 Å². The summed E-state index contributed by atoms with van der Waals surface area (Å²) in [5, 5.41) is 8.22. The number of pyridine rings is 1.